The van der Waals surface area contributed by atoms with Gasteiger partial charge in [-0.05, 0) is 46.6 Å². The zero-order valence-electron chi connectivity index (χ0n) is 14.2. The molecule has 0 saturated carbocycles. The third-order valence-electron chi connectivity index (χ3n) is 4.18. The number of nitrogen functional groups attached to an aromatic ring is 1. The van der Waals surface area contributed by atoms with Crippen LogP contribution in [0.4, 0.5) is 5.82 Å². The quantitative estimate of drug-likeness (QED) is 0.846. The number of anilines is 1. The van der Waals surface area contributed by atoms with E-state index in [1.807, 2.05) is 0 Å². The third-order valence-corrected chi connectivity index (χ3v) is 4.18. The molecule has 1 fully saturated rings. The third kappa shape index (κ3) is 4.17. The molecule has 0 aromatic carbocycles. The van der Waals surface area contributed by atoms with E-state index in [-0.39, 0.29) is 11.6 Å². The summed E-state index contributed by atoms with van der Waals surface area (Å²) in [5.41, 5.74) is 5.04. The molecule has 1 aromatic rings. The SMILES string of the molecule is CC(C)N(CC(=O)[C@@H]1CC[C@H](n2ccc(N)nc2=O)O1)C(C)C. The van der Waals surface area contributed by atoms with E-state index in [1.54, 1.807) is 12.3 Å². The van der Waals surface area contributed by atoms with Crippen LogP contribution in [0.25, 0.3) is 0 Å². The van der Waals surface area contributed by atoms with Crippen LogP contribution in [0.3, 0.4) is 0 Å². The van der Waals surface area contributed by atoms with Gasteiger partial charge in [-0.3, -0.25) is 14.3 Å². The maximum absolute atomic E-state index is 12.5. The molecule has 0 spiro atoms. The first kappa shape index (κ1) is 17.6. The van der Waals surface area contributed by atoms with Gasteiger partial charge in [0.15, 0.2) is 5.78 Å². The van der Waals surface area contributed by atoms with Crippen LogP contribution in [0.2, 0.25) is 0 Å². The Morgan fingerprint density at radius 2 is 2.04 bits per heavy atom. The Hall–Kier alpha value is -1.73. The summed E-state index contributed by atoms with van der Waals surface area (Å²) in [7, 11) is 0. The van der Waals surface area contributed by atoms with Crippen molar-refractivity contribution in [1.82, 2.24) is 14.5 Å². The standard InChI is InChI=1S/C16H26N4O3/c1-10(2)20(11(3)4)9-12(21)13-5-6-15(23-13)19-8-7-14(17)18-16(19)22/h7-8,10-11,13,15H,5-6,9H2,1-4H3,(H2,17,18,22)/t13-,15+/m0/s1. The van der Waals surface area contributed by atoms with Gasteiger partial charge in [0.1, 0.15) is 18.1 Å². The summed E-state index contributed by atoms with van der Waals surface area (Å²) in [6.07, 6.45) is 1.88. The lowest BCUT2D eigenvalue weighted by molar-refractivity contribution is -0.134. The molecule has 0 bridgehead atoms. The van der Waals surface area contributed by atoms with Crippen molar-refractivity contribution >= 4 is 11.6 Å². The highest BCUT2D eigenvalue weighted by atomic mass is 16.5. The van der Waals surface area contributed by atoms with Gasteiger partial charge >= 0.3 is 5.69 Å². The van der Waals surface area contributed by atoms with Crippen LogP contribution in [-0.2, 0) is 9.53 Å². The number of aromatic nitrogens is 2. The Morgan fingerprint density at radius 3 is 2.61 bits per heavy atom. The molecule has 2 heterocycles. The molecule has 0 unspecified atom stereocenters. The number of rotatable bonds is 6. The van der Waals surface area contributed by atoms with Crippen molar-refractivity contribution in [2.75, 3.05) is 12.3 Å². The van der Waals surface area contributed by atoms with Crippen LogP contribution in [0.1, 0.15) is 46.8 Å². The van der Waals surface area contributed by atoms with Crippen LogP contribution in [0.5, 0.6) is 0 Å². The number of hydrogen-bond acceptors (Lipinski definition) is 6. The van der Waals surface area contributed by atoms with E-state index in [0.29, 0.717) is 31.5 Å². The van der Waals surface area contributed by atoms with E-state index in [2.05, 4.69) is 37.6 Å². The van der Waals surface area contributed by atoms with Gasteiger partial charge in [0.05, 0.1) is 6.54 Å². The summed E-state index contributed by atoms with van der Waals surface area (Å²) in [6.45, 7) is 8.66. The number of ketones is 1. The van der Waals surface area contributed by atoms with E-state index < -0.39 is 18.0 Å². The Morgan fingerprint density at radius 1 is 1.39 bits per heavy atom. The summed E-state index contributed by atoms with van der Waals surface area (Å²) < 4.78 is 7.19. The van der Waals surface area contributed by atoms with Gasteiger partial charge in [-0.1, -0.05) is 0 Å². The number of hydrogen-bond donors (Lipinski definition) is 1. The monoisotopic (exact) mass is 322 g/mol. The highest BCUT2D eigenvalue weighted by Crippen LogP contribution is 2.28. The van der Waals surface area contributed by atoms with Crippen LogP contribution >= 0.6 is 0 Å². The molecule has 7 nitrogen and oxygen atoms in total. The number of ether oxygens (including phenoxy) is 1. The molecule has 2 N–H and O–H groups in total. The fourth-order valence-corrected chi connectivity index (χ4v) is 2.95. The topological polar surface area (TPSA) is 90.5 Å². The van der Waals surface area contributed by atoms with Crippen molar-refractivity contribution in [3.8, 4) is 0 Å². The molecule has 1 aliphatic rings. The van der Waals surface area contributed by atoms with E-state index in [1.165, 1.54) is 4.57 Å². The molecule has 1 aromatic heterocycles. The number of nitrogens with two attached hydrogens (primary N) is 1. The average molecular weight is 322 g/mol. The fourth-order valence-electron chi connectivity index (χ4n) is 2.95. The molecule has 1 aliphatic heterocycles. The summed E-state index contributed by atoms with van der Waals surface area (Å²) in [5.74, 6) is 0.243. The molecular formula is C16H26N4O3. The highest BCUT2D eigenvalue weighted by molar-refractivity contribution is 5.85. The number of carbonyl (C=O) groups is 1. The molecule has 7 heteroatoms. The lowest BCUT2D eigenvalue weighted by Crippen LogP contribution is -2.43. The fraction of sp³-hybridized carbons (Fsp3) is 0.688. The zero-order chi connectivity index (χ0) is 17.1. The van der Waals surface area contributed by atoms with Gasteiger partial charge in [0, 0.05) is 18.3 Å². The van der Waals surface area contributed by atoms with Crippen LogP contribution in [0, 0.1) is 0 Å². The van der Waals surface area contributed by atoms with Gasteiger partial charge < -0.3 is 10.5 Å². The van der Waals surface area contributed by atoms with Gasteiger partial charge in [-0.2, -0.15) is 4.98 Å². The average Bonchev–Trinajstić information content (AvgIpc) is 2.93. The van der Waals surface area contributed by atoms with E-state index in [0.717, 1.165) is 0 Å². The molecule has 0 radical (unpaired) electrons. The highest BCUT2D eigenvalue weighted by Gasteiger charge is 2.33. The van der Waals surface area contributed by atoms with Gasteiger partial charge in [-0.15, -0.1) is 0 Å². The van der Waals surface area contributed by atoms with Crippen LogP contribution in [-0.4, -0.2) is 45.0 Å². The van der Waals surface area contributed by atoms with Crippen molar-refractivity contribution < 1.29 is 9.53 Å². The number of carbonyl (C=O) groups excluding carboxylic acids is 1. The Labute approximate surface area is 136 Å². The summed E-state index contributed by atoms with van der Waals surface area (Å²) in [4.78, 5) is 30.2. The maximum Gasteiger partial charge on any atom is 0.351 e. The van der Waals surface area contributed by atoms with Crippen LogP contribution in [0.15, 0.2) is 17.1 Å². The largest absolute Gasteiger partial charge is 0.383 e. The minimum atomic E-state index is -0.468. The molecule has 0 amide bonds. The number of Topliss-reactive ketones (excluding diaryl/α,β-unsaturated/α-hetero) is 1. The first-order valence-corrected chi connectivity index (χ1v) is 8.08. The number of nitrogens with zero attached hydrogens (tertiary/aromatic N) is 3. The van der Waals surface area contributed by atoms with E-state index in [9.17, 15) is 9.59 Å². The van der Waals surface area contributed by atoms with Crippen molar-refractivity contribution in [3.05, 3.63) is 22.7 Å². The normalized spacial score (nSPS) is 21.5. The molecule has 2 atom stereocenters. The second-order valence-corrected chi connectivity index (χ2v) is 6.53. The molecule has 23 heavy (non-hydrogen) atoms. The van der Waals surface area contributed by atoms with Gasteiger partial charge in [0.2, 0.25) is 0 Å². The van der Waals surface area contributed by atoms with Crippen molar-refractivity contribution in [3.63, 3.8) is 0 Å². The first-order chi connectivity index (χ1) is 10.8. The minimum Gasteiger partial charge on any atom is -0.383 e. The zero-order valence-corrected chi connectivity index (χ0v) is 14.2. The summed E-state index contributed by atoms with van der Waals surface area (Å²) in [6, 6.07) is 2.14. The van der Waals surface area contributed by atoms with Gasteiger partial charge in [0.25, 0.3) is 0 Å². The van der Waals surface area contributed by atoms with Crippen LogP contribution < -0.4 is 11.4 Å². The first-order valence-electron chi connectivity index (χ1n) is 8.08. The summed E-state index contributed by atoms with van der Waals surface area (Å²) in [5, 5.41) is 0. The van der Waals surface area contributed by atoms with Crippen molar-refractivity contribution in [2.24, 2.45) is 0 Å². The van der Waals surface area contributed by atoms with Gasteiger partial charge in [-0.25, -0.2) is 4.79 Å². The predicted octanol–water partition coefficient (Wildman–Crippen LogP) is 1.19. The summed E-state index contributed by atoms with van der Waals surface area (Å²) >= 11 is 0. The second kappa shape index (κ2) is 7.23. The lowest BCUT2D eigenvalue weighted by Gasteiger charge is -2.30. The minimum absolute atomic E-state index is 0.0614. The van der Waals surface area contributed by atoms with E-state index >= 15 is 0 Å². The molecule has 128 valence electrons. The maximum atomic E-state index is 12.5. The smallest absolute Gasteiger partial charge is 0.351 e. The Balaban J connectivity index is 2.02. The lowest BCUT2D eigenvalue weighted by atomic mass is 10.1. The molecular weight excluding hydrogens is 296 g/mol. The second-order valence-electron chi connectivity index (χ2n) is 6.53. The Kier molecular flexibility index (Phi) is 5.54. The molecule has 2 rings (SSSR count). The predicted molar refractivity (Wildman–Crippen MR) is 88.0 cm³/mol. The Bertz CT molecular complexity index is 604. The van der Waals surface area contributed by atoms with E-state index in [4.69, 9.17) is 10.5 Å². The van der Waals surface area contributed by atoms with Crippen molar-refractivity contribution in [2.45, 2.75) is 65.0 Å². The van der Waals surface area contributed by atoms with Crippen molar-refractivity contribution in [1.29, 1.82) is 0 Å². The molecule has 1 saturated heterocycles. The molecule has 0 aliphatic carbocycles.